The lowest BCUT2D eigenvalue weighted by molar-refractivity contribution is 0.171. The molecule has 6 heteroatoms. The van der Waals surface area contributed by atoms with E-state index in [0.29, 0.717) is 31.1 Å². The molecular formula is C18H25N3O3. The fraction of sp³-hybridized carbons (Fsp3) is 0.389. The van der Waals surface area contributed by atoms with E-state index in [1.807, 2.05) is 48.1 Å². The van der Waals surface area contributed by atoms with Gasteiger partial charge in [0.15, 0.2) is 0 Å². The summed E-state index contributed by atoms with van der Waals surface area (Å²) < 4.78 is 12.3. The van der Waals surface area contributed by atoms with Crippen molar-refractivity contribution in [3.05, 3.63) is 48.3 Å². The van der Waals surface area contributed by atoms with Gasteiger partial charge in [0.05, 0.1) is 13.7 Å². The number of benzene rings is 1. The molecule has 0 aliphatic heterocycles. The Balaban J connectivity index is 2.06. The molecule has 0 saturated heterocycles. The number of hydrogen-bond acceptors (Lipinski definition) is 3. The zero-order chi connectivity index (χ0) is 17.4. The van der Waals surface area contributed by atoms with E-state index in [1.165, 1.54) is 0 Å². The topological polar surface area (TPSA) is 55.7 Å². The van der Waals surface area contributed by atoms with E-state index < -0.39 is 0 Å². The predicted octanol–water partition coefficient (Wildman–Crippen LogP) is 3.10. The molecule has 1 heterocycles. The first-order chi connectivity index (χ1) is 11.6. The largest absolute Gasteiger partial charge is 0.497 e. The van der Waals surface area contributed by atoms with Crippen molar-refractivity contribution in [3.8, 4) is 5.75 Å². The normalized spacial score (nSPS) is 10.5. The summed E-state index contributed by atoms with van der Waals surface area (Å²) in [6.07, 6.45) is 2.76. The van der Waals surface area contributed by atoms with Crippen LogP contribution in [0.25, 0.3) is 0 Å². The smallest absolute Gasteiger partial charge is 0.322 e. The highest BCUT2D eigenvalue weighted by atomic mass is 16.5. The van der Waals surface area contributed by atoms with Crippen molar-refractivity contribution in [2.75, 3.05) is 32.7 Å². The number of aryl methyl sites for hydroxylation is 1. The minimum absolute atomic E-state index is 0.138. The number of carbonyl (C=O) groups excluding carboxylic acids is 1. The van der Waals surface area contributed by atoms with Crippen molar-refractivity contribution in [1.82, 2.24) is 9.47 Å². The number of aromatic nitrogens is 1. The molecule has 0 aliphatic rings. The molecule has 2 rings (SSSR count). The summed E-state index contributed by atoms with van der Waals surface area (Å²) in [6, 6.07) is 11.2. The summed E-state index contributed by atoms with van der Waals surface area (Å²) in [7, 11) is 5.24. The van der Waals surface area contributed by atoms with E-state index in [9.17, 15) is 4.79 Å². The van der Waals surface area contributed by atoms with Gasteiger partial charge in [0.25, 0.3) is 0 Å². The molecule has 0 aliphatic carbocycles. The highest BCUT2D eigenvalue weighted by molar-refractivity contribution is 5.89. The molecule has 1 N–H and O–H groups in total. The van der Waals surface area contributed by atoms with Gasteiger partial charge < -0.3 is 24.3 Å². The molecule has 0 atom stereocenters. The van der Waals surface area contributed by atoms with E-state index >= 15 is 0 Å². The standard InChI is InChI=1S/C18H25N3O3/c1-20-10-5-8-16(20)14-21(11-6-12-23-2)18(22)19-15-7-4-9-17(13-15)24-3/h4-5,7-10,13H,6,11-12,14H2,1-3H3,(H,19,22). The van der Waals surface area contributed by atoms with Crippen LogP contribution in [0.3, 0.4) is 0 Å². The van der Waals surface area contributed by atoms with Gasteiger partial charge in [0.1, 0.15) is 5.75 Å². The second kappa shape index (κ2) is 8.98. The predicted molar refractivity (Wildman–Crippen MR) is 94.3 cm³/mol. The summed E-state index contributed by atoms with van der Waals surface area (Å²) >= 11 is 0. The second-order valence-corrected chi connectivity index (χ2v) is 5.54. The van der Waals surface area contributed by atoms with Crippen LogP contribution in [0.1, 0.15) is 12.1 Å². The number of methoxy groups -OCH3 is 2. The van der Waals surface area contributed by atoms with Crippen LogP contribution in [0.4, 0.5) is 10.5 Å². The Kier molecular flexibility index (Phi) is 6.69. The molecular weight excluding hydrogens is 306 g/mol. The zero-order valence-corrected chi connectivity index (χ0v) is 14.5. The highest BCUT2D eigenvalue weighted by Gasteiger charge is 2.15. The Labute approximate surface area is 143 Å². The summed E-state index contributed by atoms with van der Waals surface area (Å²) in [6.45, 7) is 1.79. The van der Waals surface area contributed by atoms with Crippen LogP contribution in [-0.2, 0) is 18.3 Å². The first-order valence-corrected chi connectivity index (χ1v) is 7.93. The van der Waals surface area contributed by atoms with Crippen molar-refractivity contribution in [1.29, 1.82) is 0 Å². The summed E-state index contributed by atoms with van der Waals surface area (Å²) in [4.78, 5) is 14.5. The van der Waals surface area contributed by atoms with Gasteiger partial charge in [-0.15, -0.1) is 0 Å². The monoisotopic (exact) mass is 331 g/mol. The van der Waals surface area contributed by atoms with E-state index in [0.717, 1.165) is 12.1 Å². The first-order valence-electron chi connectivity index (χ1n) is 7.93. The molecule has 0 radical (unpaired) electrons. The maximum absolute atomic E-state index is 12.7. The van der Waals surface area contributed by atoms with Crippen molar-refractivity contribution in [2.24, 2.45) is 7.05 Å². The van der Waals surface area contributed by atoms with Crippen molar-refractivity contribution in [2.45, 2.75) is 13.0 Å². The van der Waals surface area contributed by atoms with E-state index in [4.69, 9.17) is 9.47 Å². The number of nitrogens with zero attached hydrogens (tertiary/aromatic N) is 2. The molecule has 1 aromatic heterocycles. The number of carbonyl (C=O) groups is 1. The van der Waals surface area contributed by atoms with Gasteiger partial charge in [0, 0.05) is 51.0 Å². The number of amides is 2. The number of urea groups is 1. The van der Waals surface area contributed by atoms with Gasteiger partial charge in [-0.2, -0.15) is 0 Å². The Hall–Kier alpha value is -2.47. The summed E-state index contributed by atoms with van der Waals surface area (Å²) in [5, 5.41) is 2.93. The molecule has 24 heavy (non-hydrogen) atoms. The van der Waals surface area contributed by atoms with E-state index in [1.54, 1.807) is 25.2 Å². The summed E-state index contributed by atoms with van der Waals surface area (Å²) in [5.41, 5.74) is 1.79. The third kappa shape index (κ3) is 5.03. The fourth-order valence-corrected chi connectivity index (χ4v) is 2.41. The third-order valence-electron chi connectivity index (χ3n) is 3.79. The van der Waals surface area contributed by atoms with E-state index in [-0.39, 0.29) is 6.03 Å². The lowest BCUT2D eigenvalue weighted by Gasteiger charge is -2.23. The quantitative estimate of drug-likeness (QED) is 0.756. The van der Waals surface area contributed by atoms with Gasteiger partial charge in [-0.25, -0.2) is 4.79 Å². The highest BCUT2D eigenvalue weighted by Crippen LogP contribution is 2.17. The Morgan fingerprint density at radius 1 is 1.25 bits per heavy atom. The van der Waals surface area contributed by atoms with Gasteiger partial charge in [-0.3, -0.25) is 0 Å². The van der Waals surface area contributed by atoms with Crippen LogP contribution in [0, 0.1) is 0 Å². The molecule has 2 aromatic rings. The van der Waals surface area contributed by atoms with Crippen LogP contribution < -0.4 is 10.1 Å². The van der Waals surface area contributed by atoms with Gasteiger partial charge in [-0.05, 0) is 30.7 Å². The molecule has 0 fully saturated rings. The van der Waals surface area contributed by atoms with Crippen LogP contribution in [0.2, 0.25) is 0 Å². The maximum atomic E-state index is 12.7. The Morgan fingerprint density at radius 2 is 2.08 bits per heavy atom. The third-order valence-corrected chi connectivity index (χ3v) is 3.79. The molecule has 1 aromatic carbocycles. The number of ether oxygens (including phenoxy) is 2. The van der Waals surface area contributed by atoms with Crippen LogP contribution in [0.15, 0.2) is 42.6 Å². The Bertz CT molecular complexity index is 654. The summed E-state index contributed by atoms with van der Waals surface area (Å²) in [5.74, 6) is 0.709. The van der Waals surface area contributed by atoms with Gasteiger partial charge >= 0.3 is 6.03 Å². The molecule has 6 nitrogen and oxygen atoms in total. The minimum atomic E-state index is -0.138. The number of nitrogens with one attached hydrogen (secondary N) is 1. The first kappa shape index (κ1) is 17.9. The molecule has 0 bridgehead atoms. The lowest BCUT2D eigenvalue weighted by Crippen LogP contribution is -2.36. The van der Waals surface area contributed by atoms with E-state index in [2.05, 4.69) is 5.32 Å². The fourth-order valence-electron chi connectivity index (χ4n) is 2.41. The van der Waals surface area contributed by atoms with Crippen molar-refractivity contribution < 1.29 is 14.3 Å². The van der Waals surface area contributed by atoms with Gasteiger partial charge in [0.2, 0.25) is 0 Å². The maximum Gasteiger partial charge on any atom is 0.322 e. The molecule has 0 spiro atoms. The van der Waals surface area contributed by atoms with Crippen LogP contribution in [0.5, 0.6) is 5.75 Å². The van der Waals surface area contributed by atoms with Gasteiger partial charge in [-0.1, -0.05) is 6.07 Å². The molecule has 0 saturated carbocycles. The molecule has 130 valence electrons. The average molecular weight is 331 g/mol. The van der Waals surface area contributed by atoms with Crippen LogP contribution >= 0.6 is 0 Å². The zero-order valence-electron chi connectivity index (χ0n) is 14.5. The SMILES string of the molecule is COCCCN(Cc1cccn1C)C(=O)Nc1cccc(OC)c1. The van der Waals surface area contributed by atoms with Crippen molar-refractivity contribution in [3.63, 3.8) is 0 Å². The lowest BCUT2D eigenvalue weighted by atomic mass is 10.3. The number of hydrogen-bond donors (Lipinski definition) is 1. The average Bonchev–Trinajstić information content (AvgIpc) is 2.99. The number of anilines is 1. The minimum Gasteiger partial charge on any atom is -0.497 e. The second-order valence-electron chi connectivity index (χ2n) is 5.54. The van der Waals surface area contributed by atoms with Crippen molar-refractivity contribution >= 4 is 11.7 Å². The Morgan fingerprint density at radius 3 is 2.75 bits per heavy atom. The number of rotatable bonds is 8. The van der Waals surface area contributed by atoms with Crippen LogP contribution in [-0.4, -0.2) is 42.9 Å². The molecule has 0 unspecified atom stereocenters. The molecule has 2 amide bonds.